The molecular weight excluding hydrogens is 237 g/mol. The molecule has 0 aliphatic carbocycles. The number of thiophene rings is 1. The van der Waals surface area contributed by atoms with Gasteiger partial charge in [0.05, 0.1) is 4.88 Å². The molecule has 1 heterocycles. The van der Waals surface area contributed by atoms with E-state index in [2.05, 4.69) is 5.32 Å². The van der Waals surface area contributed by atoms with E-state index in [0.29, 0.717) is 16.0 Å². The third-order valence-corrected chi connectivity index (χ3v) is 3.06. The number of amides is 1. The molecule has 0 spiro atoms. The zero-order chi connectivity index (χ0) is 12.3. The molecule has 4 nitrogen and oxygen atoms in total. The van der Waals surface area contributed by atoms with E-state index >= 15 is 0 Å². The Balaban J connectivity index is 2.14. The maximum Gasteiger partial charge on any atom is 0.488 e. The largest absolute Gasteiger partial charge is 0.488 e. The van der Waals surface area contributed by atoms with Gasteiger partial charge in [0.15, 0.2) is 0 Å². The van der Waals surface area contributed by atoms with Crippen molar-refractivity contribution in [3.8, 4) is 0 Å². The van der Waals surface area contributed by atoms with Crippen molar-refractivity contribution in [3.63, 3.8) is 0 Å². The summed E-state index contributed by atoms with van der Waals surface area (Å²) in [6.07, 6.45) is 0. The molecular formula is C11H10BNO3S. The Hall–Kier alpha value is -1.63. The summed E-state index contributed by atoms with van der Waals surface area (Å²) in [5.74, 6) is -0.204. The molecule has 0 aliphatic heterocycles. The summed E-state index contributed by atoms with van der Waals surface area (Å²) in [5.41, 5.74) is 0.878. The monoisotopic (exact) mass is 247 g/mol. The molecule has 3 N–H and O–H groups in total. The van der Waals surface area contributed by atoms with E-state index in [1.54, 1.807) is 30.3 Å². The predicted molar refractivity (Wildman–Crippen MR) is 68.5 cm³/mol. The van der Waals surface area contributed by atoms with Gasteiger partial charge in [0, 0.05) is 5.69 Å². The minimum absolute atomic E-state index is 0.204. The van der Waals surface area contributed by atoms with Gasteiger partial charge in [0.25, 0.3) is 5.91 Å². The fourth-order valence-electron chi connectivity index (χ4n) is 1.38. The summed E-state index contributed by atoms with van der Waals surface area (Å²) < 4.78 is 0. The molecule has 0 unspecified atom stereocenters. The van der Waals surface area contributed by atoms with E-state index in [0.717, 1.165) is 0 Å². The summed E-state index contributed by atoms with van der Waals surface area (Å²) in [5, 5.41) is 22.5. The summed E-state index contributed by atoms with van der Waals surface area (Å²) in [7, 11) is -1.53. The number of hydrogen-bond donors (Lipinski definition) is 3. The van der Waals surface area contributed by atoms with Gasteiger partial charge in [-0.05, 0) is 29.0 Å². The van der Waals surface area contributed by atoms with Crippen LogP contribution in [0, 0.1) is 0 Å². The fourth-order valence-corrected chi connectivity index (χ4v) is 2.00. The van der Waals surface area contributed by atoms with Gasteiger partial charge >= 0.3 is 7.12 Å². The van der Waals surface area contributed by atoms with Crippen LogP contribution in [0.15, 0.2) is 41.8 Å². The lowest BCUT2D eigenvalue weighted by Gasteiger charge is -2.05. The highest BCUT2D eigenvalue weighted by atomic mass is 32.1. The number of rotatable bonds is 3. The van der Waals surface area contributed by atoms with Gasteiger partial charge in [-0.25, -0.2) is 0 Å². The maximum absolute atomic E-state index is 11.7. The zero-order valence-corrected chi connectivity index (χ0v) is 9.65. The van der Waals surface area contributed by atoms with E-state index < -0.39 is 7.12 Å². The SMILES string of the molecule is O=C(Nc1cccc(B(O)O)c1)c1cccs1. The first-order valence-electron chi connectivity index (χ1n) is 4.98. The minimum Gasteiger partial charge on any atom is -0.423 e. The van der Waals surface area contributed by atoms with Crippen molar-refractivity contribution in [1.82, 2.24) is 0 Å². The molecule has 2 aromatic rings. The van der Waals surface area contributed by atoms with Gasteiger partial charge in [-0.15, -0.1) is 11.3 Å². The zero-order valence-electron chi connectivity index (χ0n) is 8.83. The van der Waals surface area contributed by atoms with Crippen molar-refractivity contribution in [3.05, 3.63) is 46.7 Å². The molecule has 1 amide bonds. The van der Waals surface area contributed by atoms with Crippen molar-refractivity contribution in [1.29, 1.82) is 0 Å². The number of hydrogen-bond acceptors (Lipinski definition) is 4. The molecule has 0 atom stereocenters. The van der Waals surface area contributed by atoms with Crippen LogP contribution < -0.4 is 10.8 Å². The van der Waals surface area contributed by atoms with E-state index in [9.17, 15) is 4.79 Å². The lowest BCUT2D eigenvalue weighted by atomic mass is 9.80. The standard InChI is InChI=1S/C11H10BNO3S/c14-11(10-5-2-6-17-10)13-9-4-1-3-8(7-9)12(15)16/h1-7,15-16H,(H,13,14). The number of anilines is 1. The Labute approximate surface area is 103 Å². The number of carbonyl (C=O) groups is 1. The highest BCUT2D eigenvalue weighted by Crippen LogP contribution is 2.12. The van der Waals surface area contributed by atoms with Crippen molar-refractivity contribution in [2.24, 2.45) is 0 Å². The smallest absolute Gasteiger partial charge is 0.423 e. The van der Waals surface area contributed by atoms with Crippen LogP contribution in [-0.4, -0.2) is 23.1 Å². The highest BCUT2D eigenvalue weighted by molar-refractivity contribution is 7.12. The molecule has 17 heavy (non-hydrogen) atoms. The summed E-state index contributed by atoms with van der Waals surface area (Å²) in [6.45, 7) is 0. The molecule has 0 saturated heterocycles. The molecule has 0 saturated carbocycles. The minimum atomic E-state index is -1.53. The van der Waals surface area contributed by atoms with Crippen molar-refractivity contribution in [2.45, 2.75) is 0 Å². The van der Waals surface area contributed by atoms with Gasteiger partial charge in [-0.1, -0.05) is 18.2 Å². The van der Waals surface area contributed by atoms with Gasteiger partial charge in [0.1, 0.15) is 0 Å². The molecule has 0 bridgehead atoms. The molecule has 0 radical (unpaired) electrons. The average Bonchev–Trinajstić information content (AvgIpc) is 2.82. The normalized spacial score (nSPS) is 10.0. The Morgan fingerprint density at radius 1 is 1.24 bits per heavy atom. The van der Waals surface area contributed by atoms with Crippen LogP contribution in [-0.2, 0) is 0 Å². The van der Waals surface area contributed by atoms with E-state index in [-0.39, 0.29) is 5.91 Å². The summed E-state index contributed by atoms with van der Waals surface area (Å²) >= 11 is 1.35. The van der Waals surface area contributed by atoms with Crippen LogP contribution in [0.5, 0.6) is 0 Å². The van der Waals surface area contributed by atoms with Crippen molar-refractivity contribution < 1.29 is 14.8 Å². The van der Waals surface area contributed by atoms with Crippen LogP contribution in [0.4, 0.5) is 5.69 Å². The van der Waals surface area contributed by atoms with Crippen molar-refractivity contribution >= 4 is 35.5 Å². The second-order valence-corrected chi connectivity index (χ2v) is 4.38. The third-order valence-electron chi connectivity index (χ3n) is 2.19. The Bertz CT molecular complexity index is 513. The third kappa shape index (κ3) is 2.94. The average molecular weight is 247 g/mol. The molecule has 0 fully saturated rings. The Morgan fingerprint density at radius 2 is 2.06 bits per heavy atom. The first kappa shape index (κ1) is 11.8. The van der Waals surface area contributed by atoms with Crippen LogP contribution in [0.25, 0.3) is 0 Å². The van der Waals surface area contributed by atoms with Crippen LogP contribution >= 0.6 is 11.3 Å². The molecule has 2 rings (SSSR count). The predicted octanol–water partition coefficient (Wildman–Crippen LogP) is 0.680. The van der Waals surface area contributed by atoms with E-state index in [1.165, 1.54) is 17.4 Å². The molecule has 1 aromatic heterocycles. The summed E-state index contributed by atoms with van der Waals surface area (Å²) in [6, 6.07) is 9.97. The van der Waals surface area contributed by atoms with E-state index in [4.69, 9.17) is 10.0 Å². The first-order chi connectivity index (χ1) is 8.16. The van der Waals surface area contributed by atoms with E-state index in [1.807, 2.05) is 5.38 Å². The van der Waals surface area contributed by atoms with Crippen LogP contribution in [0.3, 0.4) is 0 Å². The molecule has 1 aromatic carbocycles. The number of carbonyl (C=O) groups excluding carboxylic acids is 1. The second kappa shape index (κ2) is 5.14. The molecule has 0 aliphatic rings. The quantitative estimate of drug-likeness (QED) is 0.698. The first-order valence-corrected chi connectivity index (χ1v) is 5.86. The Morgan fingerprint density at radius 3 is 2.71 bits per heavy atom. The van der Waals surface area contributed by atoms with Gasteiger partial charge in [-0.2, -0.15) is 0 Å². The van der Waals surface area contributed by atoms with Gasteiger partial charge < -0.3 is 15.4 Å². The van der Waals surface area contributed by atoms with Gasteiger partial charge in [-0.3, -0.25) is 4.79 Å². The molecule has 86 valence electrons. The lowest BCUT2D eigenvalue weighted by molar-refractivity contribution is 0.103. The Kier molecular flexibility index (Phi) is 3.58. The topological polar surface area (TPSA) is 69.6 Å². The number of nitrogens with one attached hydrogen (secondary N) is 1. The van der Waals surface area contributed by atoms with Crippen LogP contribution in [0.2, 0.25) is 0 Å². The maximum atomic E-state index is 11.7. The van der Waals surface area contributed by atoms with Gasteiger partial charge in [0.2, 0.25) is 0 Å². The highest BCUT2D eigenvalue weighted by Gasteiger charge is 2.12. The summed E-state index contributed by atoms with van der Waals surface area (Å²) in [4.78, 5) is 12.3. The second-order valence-electron chi connectivity index (χ2n) is 3.43. The van der Waals surface area contributed by atoms with Crippen molar-refractivity contribution in [2.75, 3.05) is 5.32 Å². The fraction of sp³-hybridized carbons (Fsp3) is 0. The van der Waals surface area contributed by atoms with Crippen LogP contribution in [0.1, 0.15) is 9.67 Å². The number of benzene rings is 1. The lowest BCUT2D eigenvalue weighted by Crippen LogP contribution is -2.30. The molecule has 6 heteroatoms.